The first kappa shape index (κ1) is 75.8. The summed E-state index contributed by atoms with van der Waals surface area (Å²) in [4.78, 5) is 38.4. The summed E-state index contributed by atoms with van der Waals surface area (Å²) in [6.07, 6.45) is 87.8. The monoisotopic (exact) mass is 1100 g/mol. The summed E-state index contributed by atoms with van der Waals surface area (Å²) in [6.45, 7) is 6.55. The average Bonchev–Trinajstić information content (AvgIpc) is 3.45. The molecule has 0 aromatic rings. The van der Waals surface area contributed by atoms with E-state index in [0.717, 1.165) is 103 Å². The minimum absolute atomic E-state index is 0.0779. The molecule has 0 aliphatic carbocycles. The Hall–Kier alpha value is -3.15. The van der Waals surface area contributed by atoms with Crippen LogP contribution in [0, 0.1) is 0 Å². The molecule has 79 heavy (non-hydrogen) atoms. The van der Waals surface area contributed by atoms with Gasteiger partial charge in [0.05, 0.1) is 0 Å². The number of carbonyl (C=O) groups is 3. The molecule has 458 valence electrons. The zero-order valence-electron chi connectivity index (χ0n) is 52.6. The lowest BCUT2D eigenvalue weighted by molar-refractivity contribution is -0.167. The van der Waals surface area contributed by atoms with Crippen LogP contribution in [-0.4, -0.2) is 37.2 Å². The van der Waals surface area contributed by atoms with Gasteiger partial charge in [0.15, 0.2) is 6.10 Å². The molecule has 1 atom stereocenters. The van der Waals surface area contributed by atoms with Crippen molar-refractivity contribution in [1.29, 1.82) is 0 Å². The van der Waals surface area contributed by atoms with Crippen molar-refractivity contribution in [2.24, 2.45) is 0 Å². The van der Waals surface area contributed by atoms with Crippen LogP contribution >= 0.6 is 0 Å². The van der Waals surface area contributed by atoms with E-state index in [0.29, 0.717) is 19.3 Å². The Balaban J connectivity index is 4.29. The fourth-order valence-corrected chi connectivity index (χ4v) is 10.1. The Kier molecular flexibility index (Phi) is 64.7. The van der Waals surface area contributed by atoms with Crippen molar-refractivity contribution < 1.29 is 28.6 Å². The van der Waals surface area contributed by atoms with Gasteiger partial charge in [0.1, 0.15) is 13.2 Å². The smallest absolute Gasteiger partial charge is 0.306 e. The Morgan fingerprint density at radius 2 is 0.494 bits per heavy atom. The highest BCUT2D eigenvalue weighted by Crippen LogP contribution is 2.18. The molecule has 0 rings (SSSR count). The number of ether oxygens (including phenoxy) is 3. The highest BCUT2D eigenvalue weighted by Gasteiger charge is 2.19. The fraction of sp³-hybridized carbons (Fsp3) is 0.795. The summed E-state index contributed by atoms with van der Waals surface area (Å²) in [6, 6.07) is 0. The van der Waals surface area contributed by atoms with Crippen LogP contribution in [0.2, 0.25) is 0 Å². The van der Waals surface area contributed by atoms with Crippen LogP contribution in [0.4, 0.5) is 0 Å². The predicted molar refractivity (Wildman–Crippen MR) is 344 cm³/mol. The van der Waals surface area contributed by atoms with Crippen LogP contribution in [0.25, 0.3) is 0 Å². The normalized spacial score (nSPS) is 12.5. The fourth-order valence-electron chi connectivity index (χ4n) is 10.1. The Morgan fingerprint density at radius 1 is 0.266 bits per heavy atom. The lowest BCUT2D eigenvalue weighted by atomic mass is 10.0. The van der Waals surface area contributed by atoms with Gasteiger partial charge in [0, 0.05) is 19.3 Å². The number of hydrogen-bond donors (Lipinski definition) is 0. The first-order chi connectivity index (χ1) is 39.0. The van der Waals surface area contributed by atoms with Gasteiger partial charge >= 0.3 is 17.9 Å². The maximum absolute atomic E-state index is 12.9. The molecule has 0 amide bonds. The minimum atomic E-state index is -0.781. The molecule has 0 aromatic heterocycles. The number of carbonyl (C=O) groups excluding carboxylic acids is 3. The summed E-state index contributed by atoms with van der Waals surface area (Å²) in [5, 5.41) is 0. The van der Waals surface area contributed by atoms with Crippen molar-refractivity contribution in [3.05, 3.63) is 72.9 Å². The van der Waals surface area contributed by atoms with E-state index in [1.54, 1.807) is 0 Å². The van der Waals surface area contributed by atoms with Gasteiger partial charge in [-0.05, 0) is 89.9 Å². The Labute approximate surface area is 491 Å². The minimum Gasteiger partial charge on any atom is -0.462 e. The maximum Gasteiger partial charge on any atom is 0.306 e. The highest BCUT2D eigenvalue weighted by atomic mass is 16.6. The lowest BCUT2D eigenvalue weighted by Gasteiger charge is -2.18. The van der Waals surface area contributed by atoms with Gasteiger partial charge in [-0.2, -0.15) is 0 Å². The third-order valence-corrected chi connectivity index (χ3v) is 15.2. The van der Waals surface area contributed by atoms with Crippen molar-refractivity contribution in [2.75, 3.05) is 13.2 Å². The molecular formula is C73H130O6. The first-order valence-electron chi connectivity index (χ1n) is 34.4. The van der Waals surface area contributed by atoms with E-state index in [9.17, 15) is 14.4 Å². The largest absolute Gasteiger partial charge is 0.462 e. The van der Waals surface area contributed by atoms with E-state index in [1.165, 1.54) is 212 Å². The molecule has 6 heteroatoms. The second kappa shape index (κ2) is 67.4. The van der Waals surface area contributed by atoms with Crippen molar-refractivity contribution in [3.8, 4) is 0 Å². The summed E-state index contributed by atoms with van der Waals surface area (Å²) >= 11 is 0. The quantitative estimate of drug-likeness (QED) is 0.0261. The molecular weight excluding hydrogens is 973 g/mol. The second-order valence-electron chi connectivity index (χ2n) is 23.1. The second-order valence-corrected chi connectivity index (χ2v) is 23.1. The van der Waals surface area contributed by atoms with Crippen LogP contribution < -0.4 is 0 Å². The molecule has 0 aromatic carbocycles. The summed E-state index contributed by atoms with van der Waals surface area (Å²) in [5.74, 6) is -0.871. The van der Waals surface area contributed by atoms with Crippen molar-refractivity contribution in [3.63, 3.8) is 0 Å². The molecule has 0 N–H and O–H groups in total. The van der Waals surface area contributed by atoms with Gasteiger partial charge in [-0.15, -0.1) is 0 Å². The van der Waals surface area contributed by atoms with Crippen molar-refractivity contribution >= 4 is 17.9 Å². The van der Waals surface area contributed by atoms with E-state index >= 15 is 0 Å². The molecule has 1 unspecified atom stereocenters. The average molecular weight is 1100 g/mol. The zero-order chi connectivity index (χ0) is 57.1. The van der Waals surface area contributed by atoms with E-state index in [2.05, 4.69) is 93.7 Å². The number of hydrogen-bond acceptors (Lipinski definition) is 6. The molecule has 0 aliphatic heterocycles. The van der Waals surface area contributed by atoms with Gasteiger partial charge in [-0.3, -0.25) is 14.4 Å². The highest BCUT2D eigenvalue weighted by molar-refractivity contribution is 5.71. The van der Waals surface area contributed by atoms with Crippen molar-refractivity contribution in [2.45, 2.75) is 361 Å². The molecule has 6 nitrogen and oxygen atoms in total. The Morgan fingerprint density at radius 3 is 0.797 bits per heavy atom. The molecule has 0 bridgehead atoms. The molecule has 0 saturated heterocycles. The van der Waals surface area contributed by atoms with Crippen LogP contribution in [0.5, 0.6) is 0 Å². The zero-order valence-corrected chi connectivity index (χ0v) is 52.6. The number of rotatable bonds is 63. The predicted octanol–water partition coefficient (Wildman–Crippen LogP) is 23.7. The molecule has 0 aliphatic rings. The van der Waals surface area contributed by atoms with E-state index < -0.39 is 6.10 Å². The maximum atomic E-state index is 12.9. The van der Waals surface area contributed by atoms with Gasteiger partial charge in [0.25, 0.3) is 0 Å². The lowest BCUT2D eigenvalue weighted by Crippen LogP contribution is -2.30. The number of allylic oxidation sites excluding steroid dienone is 12. The van der Waals surface area contributed by atoms with E-state index in [-0.39, 0.29) is 31.1 Å². The standard InChI is InChI=1S/C73H130O6/c1-4-7-10-13-16-19-22-25-27-29-31-33-35-36-38-39-41-43-45-48-51-54-57-60-63-66-72(75)78-69-70(68-77-71(74)65-62-59-56-53-50-47-24-21-18-15-12-9-6-3)79-73(76)67-64-61-58-55-52-49-46-44-42-40-37-34-32-30-28-26-23-20-17-14-11-8-5-2/h7,10,16,19,21,24-25,27,31,33,36,38,70H,4-6,8-9,11-15,17-18,20,22-23,26,28-30,32,34-35,37,39-69H2,1-3H3/b10-7-,19-16-,24-21-,27-25-,33-31-,38-36-. The van der Waals surface area contributed by atoms with Gasteiger partial charge in [-0.1, -0.05) is 318 Å². The van der Waals surface area contributed by atoms with Crippen LogP contribution in [0.1, 0.15) is 355 Å². The summed E-state index contributed by atoms with van der Waals surface area (Å²) in [7, 11) is 0. The SMILES string of the molecule is CC/C=C\C/C=C\C/C=C\C/C=C\C/C=C\CCCCCCCCCCCC(=O)OCC(COC(=O)CCCCCCC/C=C\CCCCCC)OC(=O)CCCCCCCCCCCCCCCCCCCCCCCCC. The summed E-state index contributed by atoms with van der Waals surface area (Å²) in [5.41, 5.74) is 0. The molecule has 0 radical (unpaired) electrons. The Bertz CT molecular complexity index is 1450. The van der Waals surface area contributed by atoms with Crippen molar-refractivity contribution in [1.82, 2.24) is 0 Å². The number of esters is 3. The molecule has 0 spiro atoms. The third-order valence-electron chi connectivity index (χ3n) is 15.2. The third kappa shape index (κ3) is 65.5. The summed E-state index contributed by atoms with van der Waals surface area (Å²) < 4.78 is 17.0. The van der Waals surface area contributed by atoms with Gasteiger partial charge in [0.2, 0.25) is 0 Å². The van der Waals surface area contributed by atoms with Crippen LogP contribution in [0.15, 0.2) is 72.9 Å². The van der Waals surface area contributed by atoms with E-state index in [1.807, 2.05) is 0 Å². The molecule has 0 saturated carbocycles. The van der Waals surface area contributed by atoms with Gasteiger partial charge < -0.3 is 14.2 Å². The van der Waals surface area contributed by atoms with E-state index in [4.69, 9.17) is 14.2 Å². The van der Waals surface area contributed by atoms with Crippen LogP contribution in [0.3, 0.4) is 0 Å². The topological polar surface area (TPSA) is 78.9 Å². The van der Waals surface area contributed by atoms with Crippen LogP contribution in [-0.2, 0) is 28.6 Å². The molecule has 0 heterocycles. The number of unbranched alkanes of at least 4 members (excludes halogenated alkanes) is 40. The molecule has 0 fully saturated rings. The first-order valence-corrected chi connectivity index (χ1v) is 34.4. The van der Waals surface area contributed by atoms with Gasteiger partial charge in [-0.25, -0.2) is 0 Å².